The lowest BCUT2D eigenvalue weighted by molar-refractivity contribution is -0.138. The van der Waals surface area contributed by atoms with Gasteiger partial charge in [-0.3, -0.25) is 4.79 Å². The maximum Gasteiger partial charge on any atom is 0.320 e. The van der Waals surface area contributed by atoms with E-state index in [0.717, 1.165) is 5.56 Å². The summed E-state index contributed by atoms with van der Waals surface area (Å²) in [7, 11) is 0. The third kappa shape index (κ3) is 4.84. The molecule has 3 N–H and O–H groups in total. The number of alkyl halides is 1. The Morgan fingerprint density at radius 2 is 1.93 bits per heavy atom. The van der Waals surface area contributed by atoms with Gasteiger partial charge in [0, 0.05) is 6.38 Å². The van der Waals surface area contributed by atoms with Gasteiger partial charge in [-0.05, 0) is 12.0 Å². The van der Waals surface area contributed by atoms with Crippen LogP contribution in [0.15, 0.2) is 30.3 Å². The average Bonchev–Trinajstić information content (AvgIpc) is 2.22. The van der Waals surface area contributed by atoms with Crippen LogP contribution in [0.25, 0.3) is 0 Å². The number of nitrogens with two attached hydrogens (primary N) is 1. The third-order valence-corrected chi connectivity index (χ3v) is 1.62. The standard InChI is InChI=1S/C9H11NO2.CH3Cl/c10-8(9(11)12)6-7-4-2-1-3-5-7;1-2/h1-5,8H,6,10H2,(H,11,12);1H3/t8-;/m0./s1. The highest BCUT2D eigenvalue weighted by Gasteiger charge is 2.10. The van der Waals surface area contributed by atoms with Crippen molar-refractivity contribution in [2.45, 2.75) is 12.5 Å². The van der Waals surface area contributed by atoms with Crippen LogP contribution >= 0.6 is 11.6 Å². The molecule has 0 radical (unpaired) electrons. The molecule has 78 valence electrons. The monoisotopic (exact) mass is 215 g/mol. The molecule has 1 aromatic carbocycles. The summed E-state index contributed by atoms with van der Waals surface area (Å²) in [6.07, 6.45) is 1.86. The second-order valence-corrected chi connectivity index (χ2v) is 2.63. The fraction of sp³-hybridized carbons (Fsp3) is 0.300. The topological polar surface area (TPSA) is 63.3 Å². The summed E-state index contributed by atoms with van der Waals surface area (Å²) < 4.78 is 0. The predicted octanol–water partition coefficient (Wildman–Crippen LogP) is 1.50. The van der Waals surface area contributed by atoms with Gasteiger partial charge in [-0.25, -0.2) is 0 Å². The molecule has 0 aliphatic heterocycles. The van der Waals surface area contributed by atoms with Crippen molar-refractivity contribution in [3.05, 3.63) is 35.9 Å². The number of halogens is 1. The molecule has 0 fully saturated rings. The molecule has 0 bridgehead atoms. The lowest BCUT2D eigenvalue weighted by Gasteiger charge is -2.04. The van der Waals surface area contributed by atoms with E-state index in [2.05, 4.69) is 11.6 Å². The van der Waals surface area contributed by atoms with Crippen LogP contribution in [0.2, 0.25) is 0 Å². The molecule has 0 saturated carbocycles. The Hall–Kier alpha value is -1.06. The molecule has 0 aliphatic carbocycles. The lowest BCUT2D eigenvalue weighted by Crippen LogP contribution is -2.32. The van der Waals surface area contributed by atoms with E-state index >= 15 is 0 Å². The minimum Gasteiger partial charge on any atom is -0.480 e. The Labute approximate surface area is 88.5 Å². The minimum absolute atomic E-state index is 0.385. The van der Waals surface area contributed by atoms with Crippen LogP contribution in [0.3, 0.4) is 0 Å². The lowest BCUT2D eigenvalue weighted by atomic mass is 10.1. The van der Waals surface area contributed by atoms with Gasteiger partial charge in [0.15, 0.2) is 0 Å². The smallest absolute Gasteiger partial charge is 0.320 e. The van der Waals surface area contributed by atoms with Gasteiger partial charge in [0.25, 0.3) is 0 Å². The Morgan fingerprint density at radius 1 is 1.43 bits per heavy atom. The average molecular weight is 216 g/mol. The number of hydrogen-bond acceptors (Lipinski definition) is 2. The van der Waals surface area contributed by atoms with Gasteiger partial charge in [-0.2, -0.15) is 0 Å². The van der Waals surface area contributed by atoms with Crippen LogP contribution in [0.4, 0.5) is 0 Å². The zero-order valence-corrected chi connectivity index (χ0v) is 8.74. The summed E-state index contributed by atoms with van der Waals surface area (Å²) in [6.45, 7) is 0. The van der Waals surface area contributed by atoms with Crippen molar-refractivity contribution in [1.29, 1.82) is 0 Å². The van der Waals surface area contributed by atoms with Crippen LogP contribution in [-0.4, -0.2) is 23.5 Å². The van der Waals surface area contributed by atoms with Crippen molar-refractivity contribution in [3.63, 3.8) is 0 Å². The van der Waals surface area contributed by atoms with Crippen molar-refractivity contribution < 1.29 is 9.90 Å². The first-order valence-corrected chi connectivity index (χ1v) is 4.86. The zero-order valence-electron chi connectivity index (χ0n) is 7.98. The molecule has 1 atom stereocenters. The Balaban J connectivity index is 0.000000791. The molecule has 0 aromatic heterocycles. The van der Waals surface area contributed by atoms with Gasteiger partial charge >= 0.3 is 5.97 Å². The Bertz CT molecular complexity index is 264. The van der Waals surface area contributed by atoms with E-state index < -0.39 is 12.0 Å². The highest BCUT2D eigenvalue weighted by atomic mass is 35.5. The molecular formula is C10H14ClNO2. The highest BCUT2D eigenvalue weighted by molar-refractivity contribution is 6.15. The molecular weight excluding hydrogens is 202 g/mol. The fourth-order valence-electron chi connectivity index (χ4n) is 0.955. The van der Waals surface area contributed by atoms with Gasteiger partial charge < -0.3 is 10.8 Å². The summed E-state index contributed by atoms with van der Waals surface area (Å²) in [4.78, 5) is 10.4. The van der Waals surface area contributed by atoms with E-state index in [1.807, 2.05) is 30.3 Å². The van der Waals surface area contributed by atoms with Crippen LogP contribution in [0.1, 0.15) is 5.56 Å². The van der Waals surface area contributed by atoms with E-state index in [0.29, 0.717) is 6.42 Å². The van der Waals surface area contributed by atoms with Crippen molar-refractivity contribution in [2.75, 3.05) is 6.38 Å². The molecule has 1 rings (SSSR count). The van der Waals surface area contributed by atoms with E-state index in [1.54, 1.807) is 0 Å². The van der Waals surface area contributed by atoms with E-state index in [-0.39, 0.29) is 0 Å². The molecule has 0 saturated heterocycles. The van der Waals surface area contributed by atoms with E-state index in [4.69, 9.17) is 10.8 Å². The molecule has 0 amide bonds. The van der Waals surface area contributed by atoms with Gasteiger partial charge in [0.05, 0.1) is 0 Å². The van der Waals surface area contributed by atoms with Crippen LogP contribution < -0.4 is 5.73 Å². The normalized spacial score (nSPS) is 11.1. The molecule has 3 nitrogen and oxygen atoms in total. The van der Waals surface area contributed by atoms with Gasteiger partial charge in [-0.15, -0.1) is 11.6 Å². The summed E-state index contributed by atoms with van der Waals surface area (Å²) in [6, 6.07) is 8.54. The molecule has 4 heteroatoms. The Morgan fingerprint density at radius 3 is 2.36 bits per heavy atom. The fourth-order valence-corrected chi connectivity index (χ4v) is 0.955. The minimum atomic E-state index is -0.959. The maximum absolute atomic E-state index is 10.4. The number of rotatable bonds is 3. The van der Waals surface area contributed by atoms with Gasteiger partial charge in [-0.1, -0.05) is 30.3 Å². The maximum atomic E-state index is 10.4. The first-order valence-electron chi connectivity index (χ1n) is 4.10. The molecule has 1 aromatic rings. The predicted molar refractivity (Wildman–Crippen MR) is 57.5 cm³/mol. The second-order valence-electron chi connectivity index (χ2n) is 2.63. The van der Waals surface area contributed by atoms with Crippen molar-refractivity contribution >= 4 is 17.6 Å². The number of carboxylic acids is 1. The number of benzene rings is 1. The van der Waals surface area contributed by atoms with Crippen molar-refractivity contribution in [2.24, 2.45) is 5.73 Å². The first-order chi connectivity index (χ1) is 6.70. The van der Waals surface area contributed by atoms with E-state index in [9.17, 15) is 4.79 Å². The summed E-state index contributed by atoms with van der Waals surface area (Å²) in [5, 5.41) is 8.52. The molecule has 0 unspecified atom stereocenters. The second kappa shape index (κ2) is 7.35. The zero-order chi connectivity index (χ0) is 11.0. The highest BCUT2D eigenvalue weighted by Crippen LogP contribution is 2.01. The summed E-state index contributed by atoms with van der Waals surface area (Å²) >= 11 is 4.64. The van der Waals surface area contributed by atoms with Crippen LogP contribution in [-0.2, 0) is 11.2 Å². The van der Waals surface area contributed by atoms with Crippen LogP contribution in [0, 0.1) is 0 Å². The van der Waals surface area contributed by atoms with E-state index in [1.165, 1.54) is 6.38 Å². The number of aliphatic carboxylic acids is 1. The van der Waals surface area contributed by atoms with Crippen LogP contribution in [0.5, 0.6) is 0 Å². The quantitative estimate of drug-likeness (QED) is 0.752. The Kier molecular flexibility index (Phi) is 6.80. The first kappa shape index (κ1) is 12.9. The SMILES string of the molecule is CCl.N[C@@H](Cc1ccccc1)C(=O)O. The summed E-state index contributed by atoms with van der Waals surface area (Å²) in [5.41, 5.74) is 6.30. The number of hydrogen-bond donors (Lipinski definition) is 2. The molecule has 14 heavy (non-hydrogen) atoms. The largest absolute Gasteiger partial charge is 0.480 e. The number of carbonyl (C=O) groups is 1. The summed E-state index contributed by atoms with van der Waals surface area (Å²) in [5.74, 6) is -0.959. The molecule has 0 heterocycles. The molecule has 0 spiro atoms. The van der Waals surface area contributed by atoms with Crippen molar-refractivity contribution in [1.82, 2.24) is 0 Å². The van der Waals surface area contributed by atoms with Gasteiger partial charge in [0.1, 0.15) is 6.04 Å². The van der Waals surface area contributed by atoms with Gasteiger partial charge in [0.2, 0.25) is 0 Å². The number of carboxylic acid groups (broad SMARTS) is 1. The van der Waals surface area contributed by atoms with Crippen molar-refractivity contribution in [3.8, 4) is 0 Å². The third-order valence-electron chi connectivity index (χ3n) is 1.62. The molecule has 0 aliphatic rings.